The summed E-state index contributed by atoms with van der Waals surface area (Å²) in [6.07, 6.45) is 1.10. The maximum absolute atomic E-state index is 13.6. The first-order valence-electron chi connectivity index (χ1n) is 6.33. The van der Waals surface area contributed by atoms with E-state index in [-0.39, 0.29) is 11.8 Å². The van der Waals surface area contributed by atoms with Crippen LogP contribution in [0.3, 0.4) is 0 Å². The van der Waals surface area contributed by atoms with Gasteiger partial charge < -0.3 is 15.7 Å². The van der Waals surface area contributed by atoms with Crippen LogP contribution in [0.1, 0.15) is 13.8 Å². The highest BCUT2D eigenvalue weighted by Crippen LogP contribution is 2.18. The molecule has 0 spiro atoms. The molecule has 3 N–H and O–H groups in total. The molecule has 0 unspecified atom stereocenters. The van der Waals surface area contributed by atoms with Crippen LogP contribution in [0.2, 0.25) is 0 Å². The molecule has 1 aliphatic rings. The van der Waals surface area contributed by atoms with Gasteiger partial charge in [-0.3, -0.25) is 4.90 Å². The monoisotopic (exact) mass is 269 g/mol. The Morgan fingerprint density at radius 3 is 2.58 bits per heavy atom. The predicted molar refractivity (Wildman–Crippen MR) is 71.4 cm³/mol. The molecule has 1 aliphatic heterocycles. The Balaban J connectivity index is 1.98. The fraction of sp³-hybridized carbons (Fsp3) is 0.667. The van der Waals surface area contributed by atoms with E-state index in [0.717, 1.165) is 19.3 Å². The molecule has 0 aromatic carbocycles. The Labute approximate surface area is 112 Å². The zero-order valence-corrected chi connectivity index (χ0v) is 11.3. The van der Waals surface area contributed by atoms with Crippen molar-refractivity contribution in [1.29, 1.82) is 0 Å². The first-order valence-corrected chi connectivity index (χ1v) is 6.33. The van der Waals surface area contributed by atoms with Crippen molar-refractivity contribution in [3.05, 3.63) is 12.0 Å². The third kappa shape index (κ3) is 3.74. The van der Waals surface area contributed by atoms with Gasteiger partial charge in [-0.25, -0.2) is 9.37 Å². The van der Waals surface area contributed by atoms with Gasteiger partial charge in [0.05, 0.1) is 11.8 Å². The molecule has 0 bridgehead atoms. The molecule has 1 fully saturated rings. The van der Waals surface area contributed by atoms with Crippen molar-refractivity contribution in [2.45, 2.75) is 19.4 Å². The Morgan fingerprint density at radius 1 is 1.37 bits per heavy atom. The number of anilines is 2. The molecule has 19 heavy (non-hydrogen) atoms. The number of piperazine rings is 1. The lowest BCUT2D eigenvalue weighted by molar-refractivity contribution is 0.0344. The van der Waals surface area contributed by atoms with Crippen molar-refractivity contribution >= 4 is 11.8 Å². The molecular formula is C12H20FN5O. The highest BCUT2D eigenvalue weighted by Gasteiger charge is 2.24. The maximum atomic E-state index is 13.6. The molecule has 1 saturated heterocycles. The minimum absolute atomic E-state index is 0.0790. The Hall–Kier alpha value is -1.47. The number of β-amino-alcohol motifs (C(OH)–C–C–N with tert-alkyl or cyclic N) is 1. The zero-order chi connectivity index (χ0) is 14.0. The number of rotatable bonds is 3. The fourth-order valence-electron chi connectivity index (χ4n) is 2.26. The van der Waals surface area contributed by atoms with Crippen LogP contribution in [0.15, 0.2) is 6.20 Å². The molecule has 0 radical (unpaired) electrons. The Morgan fingerprint density at radius 2 is 2.00 bits per heavy atom. The van der Waals surface area contributed by atoms with Crippen molar-refractivity contribution in [2.24, 2.45) is 0 Å². The van der Waals surface area contributed by atoms with E-state index in [0.29, 0.717) is 19.6 Å². The van der Waals surface area contributed by atoms with Gasteiger partial charge in [0.2, 0.25) is 5.95 Å². The van der Waals surface area contributed by atoms with E-state index >= 15 is 0 Å². The van der Waals surface area contributed by atoms with Crippen LogP contribution in [-0.4, -0.2) is 58.3 Å². The summed E-state index contributed by atoms with van der Waals surface area (Å²) in [6, 6.07) is 0. The number of nitrogens with two attached hydrogens (primary N) is 1. The summed E-state index contributed by atoms with van der Waals surface area (Å²) in [5.74, 6) is -0.115. The van der Waals surface area contributed by atoms with Gasteiger partial charge in [0.25, 0.3) is 0 Å². The van der Waals surface area contributed by atoms with Crippen LogP contribution in [0.5, 0.6) is 0 Å². The standard InChI is InChI=1S/C12H20FN5O/c1-12(2,19)8-17-3-5-18(6-4-17)10-9(13)7-15-11(14)16-10/h7,19H,3-6,8H2,1-2H3,(H2,14,15,16). The molecule has 106 valence electrons. The number of halogens is 1. The van der Waals surface area contributed by atoms with Crippen LogP contribution in [0.4, 0.5) is 16.2 Å². The second-order valence-electron chi connectivity index (χ2n) is 5.48. The minimum Gasteiger partial charge on any atom is -0.389 e. The van der Waals surface area contributed by atoms with Gasteiger partial charge in [-0.1, -0.05) is 0 Å². The van der Waals surface area contributed by atoms with Crippen molar-refractivity contribution in [3.8, 4) is 0 Å². The largest absolute Gasteiger partial charge is 0.389 e. The number of aromatic nitrogens is 2. The molecule has 0 aliphatic carbocycles. The molecule has 0 atom stereocenters. The summed E-state index contributed by atoms with van der Waals surface area (Å²) in [5.41, 5.74) is 4.77. The summed E-state index contributed by atoms with van der Waals surface area (Å²) in [4.78, 5) is 11.6. The second kappa shape index (κ2) is 5.26. The van der Waals surface area contributed by atoms with Gasteiger partial charge in [-0.05, 0) is 13.8 Å². The summed E-state index contributed by atoms with van der Waals surface area (Å²) in [6.45, 7) is 7.00. The lowest BCUT2D eigenvalue weighted by Crippen LogP contribution is -2.51. The molecular weight excluding hydrogens is 249 g/mol. The maximum Gasteiger partial charge on any atom is 0.222 e. The second-order valence-corrected chi connectivity index (χ2v) is 5.48. The third-order valence-corrected chi connectivity index (χ3v) is 3.03. The number of hydrogen-bond donors (Lipinski definition) is 2. The van der Waals surface area contributed by atoms with Crippen molar-refractivity contribution in [3.63, 3.8) is 0 Å². The van der Waals surface area contributed by atoms with E-state index in [1.165, 1.54) is 0 Å². The highest BCUT2D eigenvalue weighted by atomic mass is 19.1. The zero-order valence-electron chi connectivity index (χ0n) is 11.3. The highest BCUT2D eigenvalue weighted by molar-refractivity contribution is 5.42. The van der Waals surface area contributed by atoms with Crippen molar-refractivity contribution in [2.75, 3.05) is 43.4 Å². The number of nitrogens with zero attached hydrogens (tertiary/aromatic N) is 4. The molecule has 1 aromatic heterocycles. The van der Waals surface area contributed by atoms with Crippen LogP contribution in [-0.2, 0) is 0 Å². The molecule has 1 aromatic rings. The van der Waals surface area contributed by atoms with Gasteiger partial charge in [-0.15, -0.1) is 0 Å². The van der Waals surface area contributed by atoms with Crippen molar-refractivity contribution in [1.82, 2.24) is 14.9 Å². The quantitative estimate of drug-likeness (QED) is 0.810. The van der Waals surface area contributed by atoms with E-state index in [1.54, 1.807) is 13.8 Å². The van der Waals surface area contributed by atoms with Crippen LogP contribution in [0.25, 0.3) is 0 Å². The lowest BCUT2D eigenvalue weighted by Gasteiger charge is -2.37. The normalized spacial score (nSPS) is 17.8. The third-order valence-electron chi connectivity index (χ3n) is 3.03. The van der Waals surface area contributed by atoms with E-state index in [4.69, 9.17) is 5.73 Å². The lowest BCUT2D eigenvalue weighted by atomic mass is 10.1. The van der Waals surface area contributed by atoms with Crippen LogP contribution in [0, 0.1) is 5.82 Å². The van der Waals surface area contributed by atoms with Crippen LogP contribution < -0.4 is 10.6 Å². The minimum atomic E-state index is -0.716. The average molecular weight is 269 g/mol. The van der Waals surface area contributed by atoms with Gasteiger partial charge in [-0.2, -0.15) is 4.98 Å². The van der Waals surface area contributed by atoms with Gasteiger partial charge in [0, 0.05) is 32.7 Å². The fourth-order valence-corrected chi connectivity index (χ4v) is 2.26. The van der Waals surface area contributed by atoms with E-state index in [1.807, 2.05) is 4.90 Å². The molecule has 7 heteroatoms. The van der Waals surface area contributed by atoms with Gasteiger partial charge >= 0.3 is 0 Å². The van der Waals surface area contributed by atoms with Gasteiger partial charge in [0.15, 0.2) is 11.6 Å². The Bertz CT molecular complexity index is 440. The van der Waals surface area contributed by atoms with Crippen LogP contribution >= 0.6 is 0 Å². The SMILES string of the molecule is CC(C)(O)CN1CCN(c2nc(N)ncc2F)CC1. The predicted octanol–water partition coefficient (Wildman–Crippen LogP) is 0.0908. The smallest absolute Gasteiger partial charge is 0.222 e. The number of aliphatic hydroxyl groups is 1. The van der Waals surface area contributed by atoms with E-state index < -0.39 is 11.4 Å². The Kier molecular flexibility index (Phi) is 3.86. The molecule has 6 nitrogen and oxygen atoms in total. The summed E-state index contributed by atoms with van der Waals surface area (Å²) in [7, 11) is 0. The van der Waals surface area contributed by atoms with E-state index in [9.17, 15) is 9.50 Å². The molecule has 2 heterocycles. The first-order chi connectivity index (χ1) is 8.85. The van der Waals surface area contributed by atoms with Gasteiger partial charge in [0.1, 0.15) is 0 Å². The first kappa shape index (κ1) is 14.0. The molecule has 0 saturated carbocycles. The molecule has 0 amide bonds. The van der Waals surface area contributed by atoms with Crippen molar-refractivity contribution < 1.29 is 9.50 Å². The summed E-state index contributed by atoms with van der Waals surface area (Å²) in [5, 5.41) is 9.78. The molecule has 2 rings (SSSR count). The average Bonchev–Trinajstić information content (AvgIpc) is 2.31. The van der Waals surface area contributed by atoms with E-state index in [2.05, 4.69) is 14.9 Å². The topological polar surface area (TPSA) is 78.5 Å². The number of hydrogen-bond acceptors (Lipinski definition) is 6. The number of nitrogen functional groups attached to an aromatic ring is 1. The summed E-state index contributed by atoms with van der Waals surface area (Å²) < 4.78 is 13.6. The summed E-state index contributed by atoms with van der Waals surface area (Å²) >= 11 is 0.